The average molecular weight is 290 g/mol. The van der Waals surface area contributed by atoms with Crippen LogP contribution >= 0.6 is 0 Å². The quantitative estimate of drug-likeness (QED) is 0.423. The second-order valence-corrected chi connectivity index (χ2v) is 4.48. The van der Waals surface area contributed by atoms with Gasteiger partial charge in [0.15, 0.2) is 0 Å². The first-order valence-corrected chi connectivity index (χ1v) is 6.45. The first-order valence-electron chi connectivity index (χ1n) is 6.45. The van der Waals surface area contributed by atoms with E-state index in [0.29, 0.717) is 19.4 Å². The van der Waals surface area contributed by atoms with Crippen LogP contribution in [-0.4, -0.2) is 64.4 Å². The molecule has 0 unspecified atom stereocenters. The highest BCUT2D eigenvalue weighted by Gasteiger charge is 2.22. The van der Waals surface area contributed by atoms with Crippen LogP contribution in [0.5, 0.6) is 0 Å². The van der Waals surface area contributed by atoms with Crippen LogP contribution in [0.25, 0.3) is 0 Å². The Morgan fingerprint density at radius 3 is 2.30 bits per heavy atom. The van der Waals surface area contributed by atoms with Crippen LogP contribution in [0.2, 0.25) is 0 Å². The van der Waals surface area contributed by atoms with Gasteiger partial charge in [-0.1, -0.05) is 0 Å². The van der Waals surface area contributed by atoms with E-state index in [-0.39, 0.29) is 19.4 Å². The summed E-state index contributed by atoms with van der Waals surface area (Å²) >= 11 is 0. The zero-order valence-electron chi connectivity index (χ0n) is 11.5. The maximum atomic E-state index is 11.7. The summed E-state index contributed by atoms with van der Waals surface area (Å²) in [5.41, 5.74) is 0. The molecule has 0 saturated carbocycles. The number of carbonyl (C=O) groups is 3. The van der Waals surface area contributed by atoms with Crippen molar-refractivity contribution in [3.05, 3.63) is 0 Å². The fraction of sp³-hybridized carbons (Fsp3) is 0.750. The van der Waals surface area contributed by atoms with Crippen LogP contribution in [0.4, 0.5) is 4.79 Å². The molecule has 0 aromatic heterocycles. The zero-order valence-corrected chi connectivity index (χ0v) is 11.5. The molecule has 20 heavy (non-hydrogen) atoms. The monoisotopic (exact) mass is 290 g/mol. The Kier molecular flexibility index (Phi) is 9.10. The Morgan fingerprint density at radius 1 is 1.15 bits per heavy atom. The highest BCUT2D eigenvalue weighted by atomic mass is 16.4. The third-order valence-corrected chi connectivity index (χ3v) is 2.74. The summed E-state index contributed by atoms with van der Waals surface area (Å²) in [5.74, 6) is -2.36. The summed E-state index contributed by atoms with van der Waals surface area (Å²) in [6.45, 7) is 0.545. The van der Waals surface area contributed by atoms with Gasteiger partial charge in [0.1, 0.15) is 6.04 Å². The van der Waals surface area contributed by atoms with Gasteiger partial charge < -0.3 is 25.5 Å². The molecular weight excluding hydrogens is 268 g/mol. The van der Waals surface area contributed by atoms with E-state index in [0.717, 1.165) is 6.42 Å². The molecule has 8 heteroatoms. The molecule has 0 radical (unpaired) electrons. The number of amides is 2. The normalized spacial score (nSPS) is 11.7. The van der Waals surface area contributed by atoms with E-state index in [9.17, 15) is 14.4 Å². The summed E-state index contributed by atoms with van der Waals surface area (Å²) in [6, 6.07) is -1.76. The van der Waals surface area contributed by atoms with Gasteiger partial charge in [-0.25, -0.2) is 9.59 Å². The highest BCUT2D eigenvalue weighted by molar-refractivity contribution is 5.82. The smallest absolute Gasteiger partial charge is 0.326 e. The van der Waals surface area contributed by atoms with E-state index in [2.05, 4.69) is 5.32 Å². The summed E-state index contributed by atoms with van der Waals surface area (Å²) in [4.78, 5) is 34.4. The van der Waals surface area contributed by atoms with Crippen LogP contribution in [0.3, 0.4) is 0 Å². The predicted octanol–water partition coefficient (Wildman–Crippen LogP) is 0.108. The number of unbranched alkanes of at least 4 members (excludes halogenated alkanes) is 2. The Hall–Kier alpha value is -1.83. The lowest BCUT2D eigenvalue weighted by molar-refractivity contribution is -0.140. The number of aliphatic carboxylic acids is 2. The van der Waals surface area contributed by atoms with E-state index < -0.39 is 24.0 Å². The molecule has 2 amide bonds. The van der Waals surface area contributed by atoms with Crippen molar-refractivity contribution >= 4 is 18.0 Å². The summed E-state index contributed by atoms with van der Waals surface area (Å²) < 4.78 is 0. The number of nitrogens with one attached hydrogen (secondary N) is 1. The molecule has 0 aliphatic rings. The fourth-order valence-corrected chi connectivity index (χ4v) is 1.52. The maximum Gasteiger partial charge on any atom is 0.326 e. The predicted molar refractivity (Wildman–Crippen MR) is 70.4 cm³/mol. The fourth-order valence-electron chi connectivity index (χ4n) is 1.52. The molecule has 0 heterocycles. The van der Waals surface area contributed by atoms with E-state index in [1.54, 1.807) is 0 Å². The van der Waals surface area contributed by atoms with Crippen molar-refractivity contribution in [1.82, 2.24) is 10.2 Å². The summed E-state index contributed by atoms with van der Waals surface area (Å²) in [5, 5.41) is 28.3. The number of hydrogen-bond donors (Lipinski definition) is 4. The second-order valence-electron chi connectivity index (χ2n) is 4.48. The van der Waals surface area contributed by atoms with Crippen LogP contribution in [0.1, 0.15) is 32.1 Å². The van der Waals surface area contributed by atoms with Crippen LogP contribution in [0.15, 0.2) is 0 Å². The molecule has 0 bridgehead atoms. The number of urea groups is 1. The molecule has 0 rings (SSSR count). The Labute approximate surface area is 117 Å². The molecule has 0 spiro atoms. The number of aliphatic hydroxyl groups is 1. The lowest BCUT2D eigenvalue weighted by Crippen LogP contribution is -2.47. The van der Waals surface area contributed by atoms with Gasteiger partial charge in [-0.3, -0.25) is 4.79 Å². The van der Waals surface area contributed by atoms with E-state index in [1.807, 2.05) is 0 Å². The molecule has 1 atom stereocenters. The lowest BCUT2D eigenvalue weighted by atomic mass is 10.1. The average Bonchev–Trinajstić information content (AvgIpc) is 2.38. The second kappa shape index (κ2) is 10.0. The van der Waals surface area contributed by atoms with Crippen molar-refractivity contribution in [2.24, 2.45) is 0 Å². The number of carbonyl (C=O) groups excluding carboxylic acids is 1. The first kappa shape index (κ1) is 18.2. The third-order valence-electron chi connectivity index (χ3n) is 2.74. The number of carboxylic acid groups (broad SMARTS) is 2. The van der Waals surface area contributed by atoms with Crippen molar-refractivity contribution < 1.29 is 29.7 Å². The molecule has 0 saturated heterocycles. The van der Waals surface area contributed by atoms with Gasteiger partial charge in [0, 0.05) is 26.6 Å². The summed E-state index contributed by atoms with van der Waals surface area (Å²) in [6.07, 6.45) is 1.66. The maximum absolute atomic E-state index is 11.7. The van der Waals surface area contributed by atoms with Gasteiger partial charge in [0.05, 0.1) is 0 Å². The topological polar surface area (TPSA) is 127 Å². The van der Waals surface area contributed by atoms with Crippen LogP contribution in [0, 0.1) is 0 Å². The molecular formula is C12H22N2O6. The summed E-state index contributed by atoms with van der Waals surface area (Å²) in [7, 11) is 1.53. The number of carboxylic acids is 2. The molecule has 0 fully saturated rings. The first-order chi connectivity index (χ1) is 9.38. The van der Waals surface area contributed by atoms with E-state index in [4.69, 9.17) is 15.3 Å². The van der Waals surface area contributed by atoms with E-state index >= 15 is 0 Å². The number of nitrogens with zero attached hydrogens (tertiary/aromatic N) is 1. The van der Waals surface area contributed by atoms with Crippen molar-refractivity contribution in [3.8, 4) is 0 Å². The minimum atomic E-state index is -1.26. The van der Waals surface area contributed by atoms with Gasteiger partial charge in [-0.2, -0.15) is 0 Å². The van der Waals surface area contributed by atoms with Gasteiger partial charge in [0.25, 0.3) is 0 Å². The number of rotatable bonds is 10. The molecule has 0 aliphatic heterocycles. The SMILES string of the molecule is CN(CCCCCO)C(=O)N[C@@H](CCC(=O)O)C(=O)O. The molecule has 4 N–H and O–H groups in total. The largest absolute Gasteiger partial charge is 0.481 e. The molecule has 0 aromatic rings. The standard InChI is InChI=1S/C12H22N2O6/c1-14(7-3-2-4-8-15)12(20)13-9(11(18)19)5-6-10(16)17/h9,15H,2-8H2,1H3,(H,13,20)(H,16,17)(H,18,19)/t9-/m0/s1. The Balaban J connectivity index is 4.16. The number of aliphatic hydroxyl groups excluding tert-OH is 1. The lowest BCUT2D eigenvalue weighted by Gasteiger charge is -2.21. The molecule has 0 aliphatic carbocycles. The highest BCUT2D eigenvalue weighted by Crippen LogP contribution is 2.01. The molecule has 8 nitrogen and oxygen atoms in total. The number of hydrogen-bond acceptors (Lipinski definition) is 4. The third kappa shape index (κ3) is 8.30. The van der Waals surface area contributed by atoms with Gasteiger partial charge in [-0.15, -0.1) is 0 Å². The zero-order chi connectivity index (χ0) is 15.5. The van der Waals surface area contributed by atoms with Gasteiger partial charge >= 0.3 is 18.0 Å². The minimum absolute atomic E-state index is 0.103. The van der Waals surface area contributed by atoms with Crippen LogP contribution < -0.4 is 5.32 Å². The Bertz CT molecular complexity index is 334. The minimum Gasteiger partial charge on any atom is -0.481 e. The molecule has 0 aromatic carbocycles. The van der Waals surface area contributed by atoms with Crippen molar-refractivity contribution in [1.29, 1.82) is 0 Å². The van der Waals surface area contributed by atoms with Crippen molar-refractivity contribution in [3.63, 3.8) is 0 Å². The van der Waals surface area contributed by atoms with Gasteiger partial charge in [0.2, 0.25) is 0 Å². The van der Waals surface area contributed by atoms with Crippen LogP contribution in [-0.2, 0) is 9.59 Å². The van der Waals surface area contributed by atoms with Gasteiger partial charge in [-0.05, 0) is 25.7 Å². The Morgan fingerprint density at radius 2 is 1.80 bits per heavy atom. The van der Waals surface area contributed by atoms with E-state index in [1.165, 1.54) is 11.9 Å². The van der Waals surface area contributed by atoms with Crippen molar-refractivity contribution in [2.75, 3.05) is 20.2 Å². The molecule has 116 valence electrons. The van der Waals surface area contributed by atoms with Crippen molar-refractivity contribution in [2.45, 2.75) is 38.1 Å².